The monoisotopic (exact) mass is 289 g/mol. The number of nitrogens with one attached hydrogen (secondary N) is 1. The zero-order valence-electron chi connectivity index (χ0n) is 12.5. The van der Waals surface area contributed by atoms with E-state index in [1.165, 1.54) is 29.8 Å². The fraction of sp³-hybridized carbons (Fsp3) is 0.562. The van der Waals surface area contributed by atoms with Crippen molar-refractivity contribution in [2.45, 2.75) is 51.6 Å². The predicted octanol–water partition coefficient (Wildman–Crippen LogP) is 3.52. The average Bonchev–Trinajstić information content (AvgIpc) is 3.10. The van der Waals surface area contributed by atoms with Crippen LogP contribution in [-0.4, -0.2) is 16.8 Å². The van der Waals surface area contributed by atoms with E-state index in [1.54, 1.807) is 10.4 Å². The Morgan fingerprint density at radius 3 is 2.90 bits per heavy atom. The third-order valence-corrected chi connectivity index (χ3v) is 5.41. The van der Waals surface area contributed by atoms with Crippen LogP contribution in [0, 0.1) is 0 Å². The van der Waals surface area contributed by atoms with Crippen molar-refractivity contribution in [1.82, 2.24) is 15.1 Å². The van der Waals surface area contributed by atoms with Gasteiger partial charge in [0.05, 0.1) is 5.69 Å². The van der Waals surface area contributed by atoms with E-state index in [4.69, 9.17) is 0 Å². The SMILES string of the molecule is CNC(Cc1ccn(C(C)C)n1)c1cc2c(s1)CCC2. The lowest BCUT2D eigenvalue weighted by Gasteiger charge is -2.13. The van der Waals surface area contributed by atoms with Crippen molar-refractivity contribution in [2.24, 2.45) is 0 Å². The van der Waals surface area contributed by atoms with E-state index in [-0.39, 0.29) is 0 Å². The van der Waals surface area contributed by atoms with Crippen LogP contribution in [0.15, 0.2) is 18.3 Å². The molecule has 3 rings (SSSR count). The molecule has 0 spiro atoms. The fourth-order valence-electron chi connectivity index (χ4n) is 2.85. The molecule has 1 aliphatic carbocycles. The minimum atomic E-state index is 0.390. The van der Waals surface area contributed by atoms with E-state index >= 15 is 0 Å². The molecule has 1 N–H and O–H groups in total. The summed E-state index contributed by atoms with van der Waals surface area (Å²) in [5, 5.41) is 8.12. The molecule has 2 heterocycles. The molecule has 3 nitrogen and oxygen atoms in total. The highest BCUT2D eigenvalue weighted by molar-refractivity contribution is 7.12. The summed E-state index contributed by atoms with van der Waals surface area (Å²) in [4.78, 5) is 3.07. The molecule has 0 saturated carbocycles. The van der Waals surface area contributed by atoms with Crippen molar-refractivity contribution in [3.05, 3.63) is 39.3 Å². The fourth-order valence-corrected chi connectivity index (χ4v) is 4.22. The summed E-state index contributed by atoms with van der Waals surface area (Å²) < 4.78 is 2.04. The Labute approximate surface area is 125 Å². The van der Waals surface area contributed by atoms with Crippen LogP contribution < -0.4 is 5.32 Å². The Balaban J connectivity index is 1.75. The first-order valence-electron chi connectivity index (χ1n) is 7.50. The van der Waals surface area contributed by atoms with Crippen LogP contribution in [-0.2, 0) is 19.3 Å². The molecule has 0 aromatic carbocycles. The lowest BCUT2D eigenvalue weighted by atomic mass is 10.1. The van der Waals surface area contributed by atoms with Crippen LogP contribution in [0.5, 0.6) is 0 Å². The predicted molar refractivity (Wildman–Crippen MR) is 84.5 cm³/mol. The highest BCUT2D eigenvalue weighted by Gasteiger charge is 2.20. The minimum absolute atomic E-state index is 0.390. The zero-order valence-corrected chi connectivity index (χ0v) is 13.3. The number of rotatable bonds is 5. The summed E-state index contributed by atoms with van der Waals surface area (Å²) in [5.74, 6) is 0. The smallest absolute Gasteiger partial charge is 0.0644 e. The molecular weight excluding hydrogens is 266 g/mol. The number of aromatic nitrogens is 2. The summed E-state index contributed by atoms with van der Waals surface area (Å²) in [6, 6.07) is 5.38. The van der Waals surface area contributed by atoms with Crippen molar-refractivity contribution < 1.29 is 0 Å². The molecule has 0 aliphatic heterocycles. The Hall–Kier alpha value is -1.13. The Bertz CT molecular complexity index is 561. The zero-order chi connectivity index (χ0) is 14.1. The molecule has 2 aromatic rings. The summed E-state index contributed by atoms with van der Waals surface area (Å²) in [6.07, 6.45) is 6.93. The molecule has 1 atom stereocenters. The number of fused-ring (bicyclic) bond motifs is 1. The van der Waals surface area contributed by atoms with E-state index in [0.29, 0.717) is 12.1 Å². The van der Waals surface area contributed by atoms with E-state index in [0.717, 1.165) is 6.42 Å². The largest absolute Gasteiger partial charge is 0.312 e. The van der Waals surface area contributed by atoms with Gasteiger partial charge in [-0.15, -0.1) is 11.3 Å². The van der Waals surface area contributed by atoms with Crippen LogP contribution in [0.4, 0.5) is 0 Å². The quantitative estimate of drug-likeness (QED) is 0.912. The van der Waals surface area contributed by atoms with Gasteiger partial charge >= 0.3 is 0 Å². The summed E-state index contributed by atoms with van der Waals surface area (Å²) in [5.41, 5.74) is 2.75. The first-order chi connectivity index (χ1) is 9.67. The van der Waals surface area contributed by atoms with Gasteiger partial charge in [0.2, 0.25) is 0 Å². The van der Waals surface area contributed by atoms with E-state index in [9.17, 15) is 0 Å². The molecule has 0 radical (unpaired) electrons. The third kappa shape index (κ3) is 2.67. The Morgan fingerprint density at radius 1 is 1.40 bits per heavy atom. The Kier molecular flexibility index (Phi) is 3.94. The van der Waals surface area contributed by atoms with Crippen LogP contribution in [0.1, 0.15) is 53.4 Å². The van der Waals surface area contributed by atoms with E-state index in [1.807, 2.05) is 16.0 Å². The van der Waals surface area contributed by atoms with Gasteiger partial charge in [0.25, 0.3) is 0 Å². The molecule has 0 bridgehead atoms. The van der Waals surface area contributed by atoms with E-state index in [2.05, 4.69) is 49.6 Å². The van der Waals surface area contributed by atoms with E-state index < -0.39 is 0 Å². The van der Waals surface area contributed by atoms with Gasteiger partial charge in [0.15, 0.2) is 0 Å². The molecule has 108 valence electrons. The van der Waals surface area contributed by atoms with Crippen molar-refractivity contribution in [3.63, 3.8) is 0 Å². The van der Waals surface area contributed by atoms with Gasteiger partial charge < -0.3 is 5.32 Å². The molecule has 0 saturated heterocycles. The van der Waals surface area contributed by atoms with Gasteiger partial charge in [0, 0.05) is 34.5 Å². The Morgan fingerprint density at radius 2 is 2.25 bits per heavy atom. The van der Waals surface area contributed by atoms with Crippen molar-refractivity contribution in [1.29, 1.82) is 0 Å². The molecule has 1 aliphatic rings. The molecule has 4 heteroatoms. The van der Waals surface area contributed by atoms with Crippen LogP contribution in [0.25, 0.3) is 0 Å². The molecule has 0 fully saturated rings. The number of hydrogen-bond acceptors (Lipinski definition) is 3. The van der Waals surface area contributed by atoms with Crippen LogP contribution in [0.3, 0.4) is 0 Å². The van der Waals surface area contributed by atoms with Gasteiger partial charge in [0.1, 0.15) is 0 Å². The standard InChI is InChI=1S/C16H23N3S/c1-11(2)19-8-7-13(18-19)10-14(17-3)16-9-12-5-4-6-15(12)20-16/h7-9,11,14,17H,4-6,10H2,1-3H3. The topological polar surface area (TPSA) is 29.9 Å². The number of hydrogen-bond donors (Lipinski definition) is 1. The summed E-state index contributed by atoms with van der Waals surface area (Å²) >= 11 is 1.99. The van der Waals surface area contributed by atoms with Crippen molar-refractivity contribution >= 4 is 11.3 Å². The van der Waals surface area contributed by atoms with Crippen LogP contribution in [0.2, 0.25) is 0 Å². The minimum Gasteiger partial charge on any atom is -0.312 e. The first-order valence-corrected chi connectivity index (χ1v) is 8.32. The van der Waals surface area contributed by atoms with Crippen molar-refractivity contribution in [3.8, 4) is 0 Å². The highest BCUT2D eigenvalue weighted by Crippen LogP contribution is 2.34. The number of thiophene rings is 1. The van der Waals surface area contributed by atoms with Crippen LogP contribution >= 0.6 is 11.3 Å². The molecule has 2 aromatic heterocycles. The number of aryl methyl sites for hydroxylation is 2. The second-order valence-corrected chi connectivity index (χ2v) is 7.05. The normalized spacial score (nSPS) is 15.8. The number of likely N-dealkylation sites (N-methyl/N-ethyl adjacent to an activating group) is 1. The van der Waals surface area contributed by atoms with Gasteiger partial charge in [-0.3, -0.25) is 4.68 Å². The first kappa shape index (κ1) is 13.8. The maximum absolute atomic E-state index is 4.67. The molecule has 1 unspecified atom stereocenters. The van der Waals surface area contributed by atoms with Crippen molar-refractivity contribution in [2.75, 3.05) is 7.05 Å². The van der Waals surface area contributed by atoms with Gasteiger partial charge in [-0.1, -0.05) is 0 Å². The molecule has 20 heavy (non-hydrogen) atoms. The lowest BCUT2D eigenvalue weighted by molar-refractivity contribution is 0.516. The highest BCUT2D eigenvalue weighted by atomic mass is 32.1. The maximum Gasteiger partial charge on any atom is 0.0644 e. The second-order valence-electron chi connectivity index (χ2n) is 5.88. The summed E-state index contributed by atoms with van der Waals surface area (Å²) in [7, 11) is 2.05. The maximum atomic E-state index is 4.67. The van der Waals surface area contributed by atoms with Gasteiger partial charge in [-0.05, 0) is 57.9 Å². The molecule has 0 amide bonds. The lowest BCUT2D eigenvalue weighted by Crippen LogP contribution is -2.18. The third-order valence-electron chi connectivity index (χ3n) is 4.06. The average molecular weight is 289 g/mol. The number of nitrogens with zero attached hydrogens (tertiary/aromatic N) is 2. The molecular formula is C16H23N3S. The van der Waals surface area contributed by atoms with Gasteiger partial charge in [-0.25, -0.2) is 0 Å². The second kappa shape index (κ2) is 5.70. The summed E-state index contributed by atoms with van der Waals surface area (Å²) in [6.45, 7) is 4.33. The van der Waals surface area contributed by atoms with Gasteiger partial charge in [-0.2, -0.15) is 5.10 Å².